The van der Waals surface area contributed by atoms with E-state index in [9.17, 15) is 4.79 Å². The molecule has 19 heavy (non-hydrogen) atoms. The normalized spacial score (nSPS) is 26.9. The van der Waals surface area contributed by atoms with Crippen LogP contribution in [-0.4, -0.2) is 49.7 Å². The van der Waals surface area contributed by atoms with Crippen LogP contribution in [-0.2, 0) is 9.53 Å². The number of hydrogen-bond acceptors (Lipinski definition) is 4. The van der Waals surface area contributed by atoms with E-state index in [0.29, 0.717) is 6.04 Å². The Kier molecular flexibility index (Phi) is 6.80. The molecule has 2 atom stereocenters. The SMILES string of the molecule is CCCCN(C)C1CCC(NCCC)(C(=O)OC)C1. The molecule has 0 bridgehead atoms. The molecule has 0 aromatic carbocycles. The minimum absolute atomic E-state index is 0.0904. The van der Waals surface area contributed by atoms with Gasteiger partial charge in [0, 0.05) is 6.04 Å². The van der Waals surface area contributed by atoms with Gasteiger partial charge in [-0.2, -0.15) is 0 Å². The molecule has 112 valence electrons. The number of carbonyl (C=O) groups excluding carboxylic acids is 1. The summed E-state index contributed by atoms with van der Waals surface area (Å²) in [5, 5.41) is 3.44. The number of methoxy groups -OCH3 is 1. The average Bonchev–Trinajstić information content (AvgIpc) is 2.87. The largest absolute Gasteiger partial charge is 0.468 e. The molecule has 0 aromatic heterocycles. The Hall–Kier alpha value is -0.610. The number of nitrogens with zero attached hydrogens (tertiary/aromatic N) is 1. The van der Waals surface area contributed by atoms with E-state index in [1.165, 1.54) is 20.0 Å². The summed E-state index contributed by atoms with van der Waals surface area (Å²) in [4.78, 5) is 14.5. The molecular weight excluding hydrogens is 240 g/mol. The zero-order valence-electron chi connectivity index (χ0n) is 13.0. The summed E-state index contributed by atoms with van der Waals surface area (Å²) in [6, 6.07) is 0.495. The van der Waals surface area contributed by atoms with E-state index in [0.717, 1.165) is 38.8 Å². The molecule has 1 rings (SSSR count). The molecule has 4 nitrogen and oxygen atoms in total. The van der Waals surface area contributed by atoms with Gasteiger partial charge in [-0.1, -0.05) is 20.3 Å². The first-order chi connectivity index (χ1) is 9.09. The Morgan fingerprint density at radius 1 is 1.42 bits per heavy atom. The predicted octanol–water partition coefficient (Wildman–Crippen LogP) is 2.18. The molecule has 0 radical (unpaired) electrons. The van der Waals surface area contributed by atoms with Crippen LogP contribution < -0.4 is 5.32 Å². The van der Waals surface area contributed by atoms with Gasteiger partial charge in [-0.15, -0.1) is 0 Å². The van der Waals surface area contributed by atoms with Crippen molar-refractivity contribution in [2.45, 2.75) is 64.0 Å². The van der Waals surface area contributed by atoms with Crippen molar-refractivity contribution in [3.8, 4) is 0 Å². The molecule has 0 amide bonds. The highest BCUT2D eigenvalue weighted by atomic mass is 16.5. The Balaban J connectivity index is 2.62. The second-order valence-corrected chi connectivity index (χ2v) is 5.73. The third kappa shape index (κ3) is 4.18. The van der Waals surface area contributed by atoms with Crippen LogP contribution in [0.25, 0.3) is 0 Å². The maximum absolute atomic E-state index is 12.1. The summed E-state index contributed by atoms with van der Waals surface area (Å²) in [5.74, 6) is -0.0904. The van der Waals surface area contributed by atoms with E-state index < -0.39 is 5.54 Å². The van der Waals surface area contributed by atoms with Crippen molar-refractivity contribution in [3.05, 3.63) is 0 Å². The van der Waals surface area contributed by atoms with Gasteiger partial charge in [0.1, 0.15) is 5.54 Å². The van der Waals surface area contributed by atoms with Gasteiger partial charge in [0.15, 0.2) is 0 Å². The van der Waals surface area contributed by atoms with Crippen molar-refractivity contribution in [3.63, 3.8) is 0 Å². The van der Waals surface area contributed by atoms with Gasteiger partial charge >= 0.3 is 5.97 Å². The van der Waals surface area contributed by atoms with Gasteiger partial charge in [-0.25, -0.2) is 0 Å². The summed E-state index contributed by atoms with van der Waals surface area (Å²) in [6.07, 6.45) is 6.32. The minimum atomic E-state index is -0.449. The molecular formula is C15H30N2O2. The Morgan fingerprint density at radius 3 is 2.74 bits per heavy atom. The van der Waals surface area contributed by atoms with Gasteiger partial charge < -0.3 is 15.0 Å². The summed E-state index contributed by atoms with van der Waals surface area (Å²) in [5.41, 5.74) is -0.449. The molecule has 1 aliphatic rings. The first-order valence-electron chi connectivity index (χ1n) is 7.63. The molecule has 0 aliphatic heterocycles. The summed E-state index contributed by atoms with van der Waals surface area (Å²) in [6.45, 7) is 6.33. The van der Waals surface area contributed by atoms with Crippen molar-refractivity contribution in [2.75, 3.05) is 27.2 Å². The van der Waals surface area contributed by atoms with Gasteiger partial charge in [-0.3, -0.25) is 4.79 Å². The molecule has 4 heteroatoms. The van der Waals surface area contributed by atoms with Gasteiger partial charge in [0.25, 0.3) is 0 Å². The monoisotopic (exact) mass is 270 g/mol. The van der Waals surface area contributed by atoms with E-state index in [4.69, 9.17) is 4.74 Å². The lowest BCUT2D eigenvalue weighted by molar-refractivity contribution is -0.148. The number of nitrogens with one attached hydrogen (secondary N) is 1. The summed E-state index contributed by atoms with van der Waals surface area (Å²) < 4.78 is 5.02. The summed E-state index contributed by atoms with van der Waals surface area (Å²) in [7, 11) is 3.67. The summed E-state index contributed by atoms with van der Waals surface area (Å²) >= 11 is 0. The molecule has 0 aromatic rings. The first kappa shape index (κ1) is 16.4. The average molecular weight is 270 g/mol. The Morgan fingerprint density at radius 2 is 2.16 bits per heavy atom. The van der Waals surface area contributed by atoms with Gasteiger partial charge in [-0.05, 0) is 52.2 Å². The van der Waals surface area contributed by atoms with Crippen LogP contribution in [0.4, 0.5) is 0 Å². The second kappa shape index (κ2) is 7.85. The van der Waals surface area contributed by atoms with Gasteiger partial charge in [0.2, 0.25) is 0 Å². The zero-order chi connectivity index (χ0) is 14.3. The van der Waals surface area contributed by atoms with E-state index in [2.05, 4.69) is 31.1 Å². The lowest BCUT2D eigenvalue weighted by atomic mass is 9.97. The maximum atomic E-state index is 12.1. The van der Waals surface area contributed by atoms with Gasteiger partial charge in [0.05, 0.1) is 7.11 Å². The van der Waals surface area contributed by atoms with Crippen molar-refractivity contribution in [1.82, 2.24) is 10.2 Å². The number of esters is 1. The van der Waals surface area contributed by atoms with Crippen molar-refractivity contribution >= 4 is 5.97 Å². The number of ether oxygens (including phenoxy) is 1. The predicted molar refractivity (Wildman–Crippen MR) is 78.2 cm³/mol. The van der Waals surface area contributed by atoms with E-state index in [1.807, 2.05) is 0 Å². The highest BCUT2D eigenvalue weighted by Crippen LogP contribution is 2.34. The van der Waals surface area contributed by atoms with Crippen LogP contribution in [0.1, 0.15) is 52.4 Å². The van der Waals surface area contributed by atoms with Crippen molar-refractivity contribution in [1.29, 1.82) is 0 Å². The molecule has 1 aliphatic carbocycles. The zero-order valence-corrected chi connectivity index (χ0v) is 13.0. The lowest BCUT2D eigenvalue weighted by Gasteiger charge is -2.30. The molecule has 0 saturated heterocycles. The molecule has 0 heterocycles. The third-order valence-corrected chi connectivity index (χ3v) is 4.27. The molecule has 1 N–H and O–H groups in total. The minimum Gasteiger partial charge on any atom is -0.468 e. The van der Waals surface area contributed by atoms with Crippen LogP contribution in [0, 0.1) is 0 Å². The highest BCUT2D eigenvalue weighted by Gasteiger charge is 2.46. The quantitative estimate of drug-likeness (QED) is 0.686. The first-order valence-corrected chi connectivity index (χ1v) is 7.63. The Labute approximate surface area is 117 Å². The fourth-order valence-corrected chi connectivity index (χ4v) is 2.96. The third-order valence-electron chi connectivity index (χ3n) is 4.27. The van der Waals surface area contributed by atoms with E-state index in [1.54, 1.807) is 0 Å². The molecule has 1 fully saturated rings. The molecule has 2 unspecified atom stereocenters. The van der Waals surface area contributed by atoms with Crippen molar-refractivity contribution < 1.29 is 9.53 Å². The fraction of sp³-hybridized carbons (Fsp3) is 0.933. The van der Waals surface area contributed by atoms with Crippen LogP contribution in [0.5, 0.6) is 0 Å². The highest BCUT2D eigenvalue weighted by molar-refractivity contribution is 5.81. The number of hydrogen-bond donors (Lipinski definition) is 1. The molecule has 1 saturated carbocycles. The molecule has 0 spiro atoms. The van der Waals surface area contributed by atoms with Crippen LogP contribution in [0.2, 0.25) is 0 Å². The van der Waals surface area contributed by atoms with E-state index in [-0.39, 0.29) is 5.97 Å². The Bertz CT molecular complexity index is 283. The number of unbranched alkanes of at least 4 members (excludes halogenated alkanes) is 1. The lowest BCUT2D eigenvalue weighted by Crippen LogP contribution is -2.52. The standard InChI is InChI=1S/C15H30N2O2/c1-5-7-11-17(3)13-8-9-15(12-13,14(18)19-4)16-10-6-2/h13,16H,5-12H2,1-4H3. The maximum Gasteiger partial charge on any atom is 0.326 e. The van der Waals surface area contributed by atoms with Crippen LogP contribution in [0.15, 0.2) is 0 Å². The van der Waals surface area contributed by atoms with Crippen LogP contribution in [0.3, 0.4) is 0 Å². The van der Waals surface area contributed by atoms with E-state index >= 15 is 0 Å². The van der Waals surface area contributed by atoms with Crippen LogP contribution >= 0.6 is 0 Å². The van der Waals surface area contributed by atoms with Crippen molar-refractivity contribution in [2.24, 2.45) is 0 Å². The number of carbonyl (C=O) groups is 1. The topological polar surface area (TPSA) is 41.6 Å². The fourth-order valence-electron chi connectivity index (χ4n) is 2.96. The number of rotatable bonds is 8. The smallest absolute Gasteiger partial charge is 0.326 e. The second-order valence-electron chi connectivity index (χ2n) is 5.73.